The first kappa shape index (κ1) is 44.1. The highest BCUT2D eigenvalue weighted by Gasteiger charge is 2.52. The van der Waals surface area contributed by atoms with Crippen LogP contribution in [0.15, 0.2) is 70.6 Å². The Morgan fingerprint density at radius 2 is 1.13 bits per heavy atom. The molecule has 3 aliphatic rings. The van der Waals surface area contributed by atoms with Crippen LogP contribution in [0, 0.1) is 20.2 Å². The van der Waals surface area contributed by atoms with Gasteiger partial charge in [-0.2, -0.15) is 0 Å². The van der Waals surface area contributed by atoms with E-state index in [1.165, 1.54) is 24.3 Å². The lowest BCUT2D eigenvalue weighted by molar-refractivity contribution is -0.385. The summed E-state index contributed by atoms with van der Waals surface area (Å²) < 4.78 is 23.7. The SMILES string of the molecule is CC(C)(C)OC(=O)N1CC=C(B2OC(C)(C)C(C)(C)O2)CC1.CC(C)(C)OC(=O)N1CC=C(c2ccc([N+](=O)[O-])cc2)CC1.O=[N+]([O-])c1ccc(Br)cc1. The molecule has 3 aliphatic heterocycles. The maximum absolute atomic E-state index is 12.1. The molecule has 0 saturated carbocycles. The zero-order chi connectivity index (χ0) is 40.6. The molecular formula is C38H52BBrN4O10. The first-order valence-corrected chi connectivity index (χ1v) is 18.5. The Hall–Kier alpha value is -4.28. The Labute approximate surface area is 326 Å². The van der Waals surface area contributed by atoms with Crippen molar-refractivity contribution in [1.29, 1.82) is 0 Å². The van der Waals surface area contributed by atoms with Crippen LogP contribution >= 0.6 is 15.9 Å². The monoisotopic (exact) mass is 814 g/mol. The van der Waals surface area contributed by atoms with Gasteiger partial charge in [-0.05, 0) is 123 Å². The Bertz CT molecular complexity index is 1700. The maximum atomic E-state index is 12.1. The van der Waals surface area contributed by atoms with Gasteiger partial charge in [0.15, 0.2) is 0 Å². The smallest absolute Gasteiger partial charge is 0.444 e. The van der Waals surface area contributed by atoms with E-state index in [1.54, 1.807) is 34.1 Å². The highest BCUT2D eigenvalue weighted by atomic mass is 79.9. The van der Waals surface area contributed by atoms with Gasteiger partial charge < -0.3 is 28.6 Å². The Kier molecular flexibility index (Phi) is 14.6. The van der Waals surface area contributed by atoms with Crippen LogP contribution in [0.5, 0.6) is 0 Å². The van der Waals surface area contributed by atoms with Gasteiger partial charge in [0.25, 0.3) is 11.4 Å². The number of hydrogen-bond acceptors (Lipinski definition) is 10. The number of rotatable bonds is 4. The fourth-order valence-corrected chi connectivity index (χ4v) is 5.43. The van der Waals surface area contributed by atoms with Crippen LogP contribution in [0.25, 0.3) is 5.57 Å². The first-order chi connectivity index (χ1) is 24.9. The summed E-state index contributed by atoms with van der Waals surface area (Å²) in [4.78, 5) is 47.3. The number of non-ortho nitro benzene ring substituents is 2. The molecule has 3 heterocycles. The van der Waals surface area contributed by atoms with Gasteiger partial charge >= 0.3 is 19.3 Å². The minimum absolute atomic E-state index is 0.0792. The second kappa shape index (κ2) is 17.9. The van der Waals surface area contributed by atoms with Crippen molar-refractivity contribution in [2.24, 2.45) is 0 Å². The molecule has 0 N–H and O–H groups in total. The summed E-state index contributed by atoms with van der Waals surface area (Å²) in [7, 11) is -0.314. The van der Waals surface area contributed by atoms with Crippen LogP contribution in [0.2, 0.25) is 0 Å². The number of halogens is 1. The predicted molar refractivity (Wildman–Crippen MR) is 211 cm³/mol. The third kappa shape index (κ3) is 13.2. The lowest BCUT2D eigenvalue weighted by atomic mass is 9.75. The van der Waals surface area contributed by atoms with Crippen LogP contribution in [0.3, 0.4) is 0 Å². The van der Waals surface area contributed by atoms with Gasteiger partial charge in [-0.25, -0.2) is 9.59 Å². The molecule has 0 atom stereocenters. The van der Waals surface area contributed by atoms with Gasteiger partial charge in [0.2, 0.25) is 0 Å². The summed E-state index contributed by atoms with van der Waals surface area (Å²) in [6.07, 6.45) is 4.86. The number of carbonyl (C=O) groups is 2. The van der Waals surface area contributed by atoms with Crippen molar-refractivity contribution in [3.63, 3.8) is 0 Å². The fraction of sp³-hybridized carbons (Fsp3) is 0.526. The fourth-order valence-electron chi connectivity index (χ4n) is 5.17. The number of nitro groups is 2. The van der Waals surface area contributed by atoms with Gasteiger partial charge in [0.05, 0.1) is 21.0 Å². The van der Waals surface area contributed by atoms with Crippen molar-refractivity contribution in [1.82, 2.24) is 9.80 Å². The van der Waals surface area contributed by atoms with Crippen molar-refractivity contribution in [2.75, 3.05) is 26.2 Å². The summed E-state index contributed by atoms with van der Waals surface area (Å²) in [6, 6.07) is 12.7. The Morgan fingerprint density at radius 3 is 1.48 bits per heavy atom. The normalized spacial score (nSPS) is 17.8. The molecule has 5 rings (SSSR count). The van der Waals surface area contributed by atoms with Crippen LogP contribution in [0.1, 0.15) is 87.6 Å². The quantitative estimate of drug-likeness (QED) is 0.165. The summed E-state index contributed by atoms with van der Waals surface area (Å²) in [5, 5.41) is 20.8. The molecule has 14 nitrogen and oxygen atoms in total. The van der Waals surface area contributed by atoms with E-state index in [0.717, 1.165) is 27.5 Å². The molecule has 294 valence electrons. The second-order valence-electron chi connectivity index (χ2n) is 16.0. The summed E-state index contributed by atoms with van der Waals surface area (Å²) in [5.41, 5.74) is 1.72. The number of nitrogens with zero attached hydrogens (tertiary/aromatic N) is 4. The first-order valence-electron chi connectivity index (χ1n) is 17.7. The second-order valence-corrected chi connectivity index (χ2v) is 16.9. The van der Waals surface area contributed by atoms with E-state index in [1.807, 2.05) is 81.4 Å². The van der Waals surface area contributed by atoms with Crippen molar-refractivity contribution < 1.29 is 38.2 Å². The van der Waals surface area contributed by atoms with E-state index in [9.17, 15) is 29.8 Å². The van der Waals surface area contributed by atoms with Gasteiger partial charge in [0.1, 0.15) is 11.2 Å². The van der Waals surface area contributed by atoms with Crippen molar-refractivity contribution in [2.45, 2.75) is 104 Å². The largest absolute Gasteiger partial charge is 0.490 e. The van der Waals surface area contributed by atoms with Gasteiger partial charge in [-0.1, -0.05) is 28.1 Å². The van der Waals surface area contributed by atoms with Gasteiger partial charge in [0, 0.05) is 54.9 Å². The topological polar surface area (TPSA) is 164 Å². The van der Waals surface area contributed by atoms with E-state index >= 15 is 0 Å². The third-order valence-corrected chi connectivity index (χ3v) is 9.33. The lowest BCUT2D eigenvalue weighted by Crippen LogP contribution is -2.41. The average molecular weight is 816 g/mol. The maximum Gasteiger partial charge on any atom is 0.490 e. The van der Waals surface area contributed by atoms with Crippen LogP contribution in [-0.4, -0.2) is 87.5 Å². The molecule has 0 radical (unpaired) electrons. The van der Waals surface area contributed by atoms with Crippen LogP contribution < -0.4 is 0 Å². The van der Waals surface area contributed by atoms with E-state index in [-0.39, 0.29) is 41.9 Å². The van der Waals surface area contributed by atoms with Crippen molar-refractivity contribution in [3.05, 3.63) is 96.4 Å². The summed E-state index contributed by atoms with van der Waals surface area (Å²) >= 11 is 3.17. The minimum atomic E-state index is -0.501. The number of hydrogen-bond donors (Lipinski definition) is 0. The molecule has 0 unspecified atom stereocenters. The van der Waals surface area contributed by atoms with E-state index < -0.39 is 21.0 Å². The molecule has 16 heteroatoms. The third-order valence-electron chi connectivity index (χ3n) is 8.80. The van der Waals surface area contributed by atoms with Gasteiger partial charge in [-0.3, -0.25) is 20.2 Å². The number of nitro benzene ring substituents is 2. The number of ether oxygens (including phenoxy) is 2. The zero-order valence-electron chi connectivity index (χ0n) is 32.8. The molecule has 0 spiro atoms. The minimum Gasteiger partial charge on any atom is -0.444 e. The van der Waals surface area contributed by atoms with Crippen molar-refractivity contribution in [3.8, 4) is 0 Å². The van der Waals surface area contributed by atoms with E-state index in [0.29, 0.717) is 32.6 Å². The molecule has 54 heavy (non-hydrogen) atoms. The molecule has 1 fully saturated rings. The molecule has 0 aliphatic carbocycles. The van der Waals surface area contributed by atoms with Crippen LogP contribution in [-0.2, 0) is 18.8 Å². The predicted octanol–water partition coefficient (Wildman–Crippen LogP) is 9.16. The Morgan fingerprint density at radius 1 is 0.722 bits per heavy atom. The molecule has 2 aromatic rings. The van der Waals surface area contributed by atoms with E-state index in [4.69, 9.17) is 18.8 Å². The number of benzene rings is 2. The highest BCUT2D eigenvalue weighted by molar-refractivity contribution is 9.10. The number of amides is 2. The molecule has 0 aromatic heterocycles. The molecule has 1 saturated heterocycles. The van der Waals surface area contributed by atoms with Gasteiger partial charge in [-0.15, -0.1) is 0 Å². The van der Waals surface area contributed by atoms with Crippen molar-refractivity contribution >= 4 is 52.2 Å². The molecule has 0 bridgehead atoms. The highest BCUT2D eigenvalue weighted by Crippen LogP contribution is 2.39. The summed E-state index contributed by atoms with van der Waals surface area (Å²) in [5.74, 6) is 0. The average Bonchev–Trinajstić information content (AvgIpc) is 3.30. The standard InChI is InChI=1S/C16H28BNO4.C16H20N2O4.C6H4BrNO2/c1-14(2,3)20-13(19)18-10-8-12(9-11-18)17-21-15(4,5)16(6,7)22-17;1-16(2,3)22-15(19)17-10-8-13(9-11-17)12-4-6-14(7-5-12)18(20)21;7-5-1-3-6(4-2-5)8(9)10/h8H,9-11H2,1-7H3;4-8H,9-11H2,1-3H3;1-4H. The molecule has 2 aromatic carbocycles. The lowest BCUT2D eigenvalue weighted by Gasteiger charge is -2.32. The van der Waals surface area contributed by atoms with E-state index in [2.05, 4.69) is 15.9 Å². The van der Waals surface area contributed by atoms with Crippen LogP contribution in [0.4, 0.5) is 21.0 Å². The molecule has 2 amide bonds. The Balaban J connectivity index is 0.000000233. The number of carbonyl (C=O) groups excluding carboxylic acids is 2. The summed E-state index contributed by atoms with van der Waals surface area (Å²) in [6.45, 7) is 21.6. The molecular weight excluding hydrogens is 763 g/mol. The zero-order valence-corrected chi connectivity index (χ0v) is 34.4.